The minimum absolute atomic E-state index is 0. The summed E-state index contributed by atoms with van der Waals surface area (Å²) in [5.74, 6) is 0. The van der Waals surface area contributed by atoms with E-state index in [1.807, 2.05) is 6.07 Å². The normalized spacial score (nSPS) is 9.25. The molecule has 0 spiro atoms. The number of nitriles is 1. The van der Waals surface area contributed by atoms with Crippen LogP contribution in [0.1, 0.15) is 21.3 Å². The largest absolute Gasteiger partial charge is 0.364 e. The topological polar surface area (TPSA) is 33.0 Å². The minimum Gasteiger partial charge on any atom is -0.364 e. The van der Waals surface area contributed by atoms with Gasteiger partial charge in [-0.1, -0.05) is 7.43 Å². The molecule has 0 aliphatic heterocycles. The monoisotopic (exact) mass is 115 g/mol. The summed E-state index contributed by atoms with van der Waals surface area (Å²) in [5.41, 5.74) is -0.611. The Bertz CT molecular complexity index is 91.2. The molecule has 0 N–H and O–H groups in total. The number of hydrogen-bond acceptors (Lipinski definition) is 2. The number of methoxy groups -OCH3 is 1. The molecular formula is C6H13NO. The molecule has 0 radical (unpaired) electrons. The van der Waals surface area contributed by atoms with Gasteiger partial charge in [-0.3, -0.25) is 0 Å². The number of hydrogen-bond donors (Lipinski definition) is 0. The Morgan fingerprint density at radius 3 is 1.88 bits per heavy atom. The lowest BCUT2D eigenvalue weighted by molar-refractivity contribution is 0.0723. The summed E-state index contributed by atoms with van der Waals surface area (Å²) in [6.45, 7) is 3.43. The highest BCUT2D eigenvalue weighted by Crippen LogP contribution is 2.02. The van der Waals surface area contributed by atoms with Gasteiger partial charge in [0.15, 0.2) is 0 Å². The van der Waals surface area contributed by atoms with Crippen LogP contribution in [0, 0.1) is 11.3 Å². The van der Waals surface area contributed by atoms with Crippen molar-refractivity contribution < 1.29 is 4.74 Å². The first-order valence-electron chi connectivity index (χ1n) is 2.09. The zero-order valence-corrected chi connectivity index (χ0v) is 4.86. The van der Waals surface area contributed by atoms with Crippen LogP contribution >= 0.6 is 0 Å². The first-order valence-corrected chi connectivity index (χ1v) is 2.09. The Labute approximate surface area is 51.1 Å². The molecule has 0 heterocycles. The molecule has 0 unspecified atom stereocenters. The van der Waals surface area contributed by atoms with Crippen molar-refractivity contribution in [3.63, 3.8) is 0 Å². The van der Waals surface area contributed by atoms with Gasteiger partial charge in [-0.05, 0) is 13.8 Å². The number of nitrogens with zero attached hydrogens (tertiary/aromatic N) is 1. The Morgan fingerprint density at radius 2 is 1.88 bits per heavy atom. The molecule has 0 aromatic carbocycles. The van der Waals surface area contributed by atoms with Crippen molar-refractivity contribution in [2.75, 3.05) is 7.11 Å². The van der Waals surface area contributed by atoms with Crippen molar-refractivity contribution in [3.05, 3.63) is 0 Å². The summed E-state index contributed by atoms with van der Waals surface area (Å²) in [4.78, 5) is 0. The Kier molecular flexibility index (Phi) is 4.50. The zero-order chi connectivity index (χ0) is 5.91. The fourth-order valence-electron chi connectivity index (χ4n) is 0.0456. The summed E-state index contributed by atoms with van der Waals surface area (Å²) < 4.78 is 4.73. The van der Waals surface area contributed by atoms with Crippen molar-refractivity contribution in [1.29, 1.82) is 5.26 Å². The average Bonchev–Trinajstić information content (AvgIpc) is 1.68. The van der Waals surface area contributed by atoms with Gasteiger partial charge in [0.25, 0.3) is 0 Å². The third-order valence-corrected chi connectivity index (χ3v) is 0.780. The molecule has 0 aromatic heterocycles. The molecule has 2 nitrogen and oxygen atoms in total. The van der Waals surface area contributed by atoms with Crippen molar-refractivity contribution in [2.45, 2.75) is 26.9 Å². The lowest BCUT2D eigenvalue weighted by Crippen LogP contribution is -2.18. The predicted molar refractivity (Wildman–Crippen MR) is 33.4 cm³/mol. The van der Waals surface area contributed by atoms with E-state index in [1.165, 1.54) is 7.11 Å². The lowest BCUT2D eigenvalue weighted by atomic mass is 10.2. The molecule has 0 saturated carbocycles. The first kappa shape index (κ1) is 10.4. The second kappa shape index (κ2) is 3.45. The van der Waals surface area contributed by atoms with E-state index in [4.69, 9.17) is 10.00 Å². The second-order valence-corrected chi connectivity index (χ2v) is 1.83. The van der Waals surface area contributed by atoms with Gasteiger partial charge in [-0.25, -0.2) is 0 Å². The van der Waals surface area contributed by atoms with E-state index in [0.29, 0.717) is 0 Å². The third-order valence-electron chi connectivity index (χ3n) is 0.780. The molecule has 0 atom stereocenters. The summed E-state index contributed by atoms with van der Waals surface area (Å²) in [6, 6.07) is 1.97. The fourth-order valence-corrected chi connectivity index (χ4v) is 0.0456. The highest BCUT2D eigenvalue weighted by atomic mass is 16.5. The van der Waals surface area contributed by atoms with E-state index < -0.39 is 5.60 Å². The molecular weight excluding hydrogens is 102 g/mol. The van der Waals surface area contributed by atoms with E-state index in [9.17, 15) is 0 Å². The van der Waals surface area contributed by atoms with Gasteiger partial charge in [0.05, 0.1) is 6.07 Å². The molecule has 0 aromatic rings. The van der Waals surface area contributed by atoms with Crippen LogP contribution in [0.3, 0.4) is 0 Å². The van der Waals surface area contributed by atoms with Crippen LogP contribution in [0.2, 0.25) is 0 Å². The highest BCUT2D eigenvalue weighted by molar-refractivity contribution is 4.93. The molecule has 0 bridgehead atoms. The summed E-state index contributed by atoms with van der Waals surface area (Å²) in [5, 5.41) is 8.22. The summed E-state index contributed by atoms with van der Waals surface area (Å²) in [7, 11) is 1.52. The van der Waals surface area contributed by atoms with E-state index in [0.717, 1.165) is 0 Å². The van der Waals surface area contributed by atoms with Gasteiger partial charge in [0, 0.05) is 7.11 Å². The molecule has 2 heteroatoms. The molecule has 48 valence electrons. The number of rotatable bonds is 1. The van der Waals surface area contributed by atoms with E-state index >= 15 is 0 Å². The van der Waals surface area contributed by atoms with E-state index in [2.05, 4.69) is 0 Å². The zero-order valence-electron chi connectivity index (χ0n) is 4.86. The van der Waals surface area contributed by atoms with Crippen LogP contribution in [0.25, 0.3) is 0 Å². The van der Waals surface area contributed by atoms with Crippen molar-refractivity contribution >= 4 is 0 Å². The maximum atomic E-state index is 8.22. The van der Waals surface area contributed by atoms with Crippen molar-refractivity contribution in [1.82, 2.24) is 0 Å². The van der Waals surface area contributed by atoms with Gasteiger partial charge in [0.2, 0.25) is 0 Å². The van der Waals surface area contributed by atoms with E-state index in [-0.39, 0.29) is 7.43 Å². The minimum atomic E-state index is -0.611. The SMILES string of the molecule is C.COC(C)(C)C#N. The third kappa shape index (κ3) is 3.63. The van der Waals surface area contributed by atoms with Gasteiger partial charge in [-0.2, -0.15) is 5.26 Å². The van der Waals surface area contributed by atoms with Gasteiger partial charge in [-0.15, -0.1) is 0 Å². The lowest BCUT2D eigenvalue weighted by Gasteiger charge is -2.10. The first-order chi connectivity index (χ1) is 3.12. The molecule has 0 amide bonds. The Morgan fingerprint density at radius 1 is 1.50 bits per heavy atom. The van der Waals surface area contributed by atoms with Crippen LogP contribution in [0.5, 0.6) is 0 Å². The van der Waals surface area contributed by atoms with Crippen LogP contribution in [0.4, 0.5) is 0 Å². The molecule has 0 aliphatic carbocycles. The molecule has 8 heavy (non-hydrogen) atoms. The van der Waals surface area contributed by atoms with Gasteiger partial charge < -0.3 is 4.74 Å². The van der Waals surface area contributed by atoms with Gasteiger partial charge in [0.1, 0.15) is 5.60 Å². The highest BCUT2D eigenvalue weighted by Gasteiger charge is 2.12. The summed E-state index contributed by atoms with van der Waals surface area (Å²) >= 11 is 0. The smallest absolute Gasteiger partial charge is 0.148 e. The van der Waals surface area contributed by atoms with Crippen LogP contribution in [-0.2, 0) is 4.74 Å². The average molecular weight is 115 g/mol. The van der Waals surface area contributed by atoms with E-state index in [1.54, 1.807) is 13.8 Å². The summed E-state index contributed by atoms with van der Waals surface area (Å²) in [6.07, 6.45) is 0. The molecule has 0 aliphatic rings. The molecule has 0 fully saturated rings. The Balaban J connectivity index is 0. The van der Waals surface area contributed by atoms with Crippen molar-refractivity contribution in [3.8, 4) is 6.07 Å². The second-order valence-electron chi connectivity index (χ2n) is 1.83. The Hall–Kier alpha value is -0.550. The predicted octanol–water partition coefficient (Wildman–Crippen LogP) is 1.57. The maximum Gasteiger partial charge on any atom is 0.148 e. The number of ether oxygens (including phenoxy) is 1. The van der Waals surface area contributed by atoms with Gasteiger partial charge >= 0.3 is 0 Å². The molecule has 0 saturated heterocycles. The quantitative estimate of drug-likeness (QED) is 0.519. The molecule has 0 rings (SSSR count). The standard InChI is InChI=1S/C5H9NO.CH4/c1-5(2,4-6)7-3;/h1-3H3;1H4. The van der Waals surface area contributed by atoms with Crippen LogP contribution in [-0.4, -0.2) is 12.7 Å². The maximum absolute atomic E-state index is 8.22. The fraction of sp³-hybridized carbons (Fsp3) is 0.833. The van der Waals surface area contributed by atoms with Crippen LogP contribution < -0.4 is 0 Å². The van der Waals surface area contributed by atoms with Crippen molar-refractivity contribution in [2.24, 2.45) is 0 Å². The van der Waals surface area contributed by atoms with Crippen LogP contribution in [0.15, 0.2) is 0 Å².